The smallest absolute Gasteiger partial charge is 0.0328 e. The zero-order chi connectivity index (χ0) is 49.1. The minimum Gasteiger partial charge on any atom is -0.0654 e. The van der Waals surface area contributed by atoms with Gasteiger partial charge in [0.25, 0.3) is 0 Å². The Labute approximate surface area is 390 Å². The monoisotopic (exact) mass is 855 g/mol. The number of hydrogen-bond acceptors (Lipinski definition) is 0. The molecule has 0 heterocycles. The van der Waals surface area contributed by atoms with Crippen LogP contribution in [0.2, 0.25) is 0 Å². The summed E-state index contributed by atoms with van der Waals surface area (Å²) >= 11 is 0. The molecule has 0 aromatic carbocycles. The Morgan fingerprint density at radius 2 is 0.733 bits per heavy atom. The average Bonchev–Trinajstić information content (AvgIpc) is 4.02. The van der Waals surface area contributed by atoms with Crippen LogP contribution in [0.15, 0.2) is 0 Å². The van der Waals surface area contributed by atoms with Crippen molar-refractivity contribution in [2.45, 2.75) is 323 Å². The predicted octanol–water partition coefficient (Wildman–Crippen LogP) is 23.4. The maximum absolute atomic E-state index is 2.35. The minimum atomic E-state index is 0.542. The molecule has 0 unspecified atom stereocenters. The lowest BCUT2D eigenvalue weighted by atomic mass is 9.94. The van der Waals surface area contributed by atoms with Gasteiger partial charge in [-0.25, -0.2) is 0 Å². The van der Waals surface area contributed by atoms with Gasteiger partial charge in [-0.3, -0.25) is 0 Å². The largest absolute Gasteiger partial charge is 0.0654 e. The number of rotatable bonds is 13. The number of hydrogen-bond donors (Lipinski definition) is 0. The fourth-order valence-electron chi connectivity index (χ4n) is 3.88. The molecule has 0 atom stereocenters. The first-order valence-electron chi connectivity index (χ1n) is 27.4. The second-order valence-corrected chi connectivity index (χ2v) is 24.0. The maximum atomic E-state index is 2.35. The molecule has 0 aromatic heterocycles. The van der Waals surface area contributed by atoms with Crippen LogP contribution >= 0.6 is 0 Å². The lowest BCUT2D eigenvalue weighted by Gasteiger charge is -2.12. The van der Waals surface area contributed by atoms with Crippen molar-refractivity contribution in [2.24, 2.45) is 69.5 Å². The van der Waals surface area contributed by atoms with Crippen LogP contribution in [0.3, 0.4) is 0 Å². The third-order valence-electron chi connectivity index (χ3n) is 12.9. The van der Waals surface area contributed by atoms with E-state index in [1.165, 1.54) is 122 Å². The summed E-state index contributed by atoms with van der Waals surface area (Å²) in [5.74, 6) is 8.58. The minimum absolute atomic E-state index is 0.542. The van der Waals surface area contributed by atoms with Gasteiger partial charge >= 0.3 is 0 Å². The summed E-state index contributed by atoms with van der Waals surface area (Å²) in [6.07, 6.45) is 26.5. The molecule has 3 aliphatic carbocycles. The van der Waals surface area contributed by atoms with Gasteiger partial charge in [0.2, 0.25) is 0 Å². The second-order valence-electron chi connectivity index (χ2n) is 24.0. The van der Waals surface area contributed by atoms with Crippen LogP contribution in [-0.2, 0) is 0 Å². The molecule has 60 heavy (non-hydrogen) atoms. The zero-order valence-corrected chi connectivity index (χ0v) is 49.1. The Morgan fingerprint density at radius 3 is 0.750 bits per heavy atom. The topological polar surface area (TPSA) is 0 Å². The lowest BCUT2D eigenvalue weighted by Crippen LogP contribution is -2.00. The van der Waals surface area contributed by atoms with Gasteiger partial charge in [-0.15, -0.1) is 0 Å². The van der Waals surface area contributed by atoms with E-state index in [9.17, 15) is 0 Å². The van der Waals surface area contributed by atoms with Crippen LogP contribution in [0.5, 0.6) is 0 Å². The fourth-order valence-corrected chi connectivity index (χ4v) is 3.88. The van der Waals surface area contributed by atoms with Gasteiger partial charge < -0.3 is 0 Å². The van der Waals surface area contributed by atoms with E-state index in [1.54, 1.807) is 0 Å². The van der Waals surface area contributed by atoms with Crippen molar-refractivity contribution < 1.29 is 0 Å². The van der Waals surface area contributed by atoms with Crippen molar-refractivity contribution in [3.8, 4) is 0 Å². The molecule has 3 aliphatic rings. The van der Waals surface area contributed by atoms with E-state index in [1.807, 2.05) is 0 Å². The summed E-state index contributed by atoms with van der Waals surface area (Å²) in [4.78, 5) is 0. The maximum Gasteiger partial charge on any atom is -0.0328 e. The lowest BCUT2D eigenvalue weighted by molar-refractivity contribution is 0.397. The second kappa shape index (κ2) is 48.5. The third-order valence-corrected chi connectivity index (χ3v) is 12.9. The van der Waals surface area contributed by atoms with Crippen LogP contribution in [0, 0.1) is 69.5 Å². The van der Waals surface area contributed by atoms with Gasteiger partial charge in [0.05, 0.1) is 0 Å². The van der Waals surface area contributed by atoms with Crippen molar-refractivity contribution in [3.05, 3.63) is 0 Å². The molecule has 0 N–H and O–H groups in total. The van der Waals surface area contributed by atoms with Crippen LogP contribution in [0.25, 0.3) is 0 Å². The Morgan fingerprint density at radius 1 is 0.450 bits per heavy atom. The summed E-state index contributed by atoms with van der Waals surface area (Å²) in [6.45, 7) is 65.3. The Balaban J connectivity index is -0.000000104. The van der Waals surface area contributed by atoms with Gasteiger partial charge in [0.1, 0.15) is 0 Å². The molecule has 0 spiro atoms. The van der Waals surface area contributed by atoms with Gasteiger partial charge in [0.15, 0.2) is 0 Å². The van der Waals surface area contributed by atoms with Crippen LogP contribution in [0.1, 0.15) is 323 Å². The van der Waals surface area contributed by atoms with Gasteiger partial charge in [-0.1, -0.05) is 297 Å². The van der Waals surface area contributed by atoms with Gasteiger partial charge in [0, 0.05) is 0 Å². The third kappa shape index (κ3) is 93.1. The molecule has 0 radical (unpaired) electrons. The van der Waals surface area contributed by atoms with E-state index in [0.717, 1.165) is 58.7 Å². The normalized spacial score (nSPS) is 14.6. The first-order chi connectivity index (χ1) is 27.4. The van der Waals surface area contributed by atoms with E-state index in [4.69, 9.17) is 0 Å². The van der Waals surface area contributed by atoms with Gasteiger partial charge in [-0.2, -0.15) is 0 Å². The molecule has 3 rings (SSSR count). The van der Waals surface area contributed by atoms with Gasteiger partial charge in [-0.05, 0) is 95.2 Å². The zero-order valence-electron chi connectivity index (χ0n) is 49.1. The Hall–Kier alpha value is 0. The SMILES string of the molecule is CC(C)C(C)C.CC(C)C1CC1.CCC(C)(C)C.CCC(C)(C)C.CCC(C)CC.CCC(C)CC.CCC1(C)CC1.CCCC(C)C.CCCC(C)C.CCCC1CC1. The summed E-state index contributed by atoms with van der Waals surface area (Å²) < 4.78 is 0. The first kappa shape index (κ1) is 74.4. The van der Waals surface area contributed by atoms with E-state index in [0.29, 0.717) is 10.8 Å². The molecule has 0 heteroatoms. The summed E-state index contributed by atoms with van der Waals surface area (Å²) in [7, 11) is 0. The predicted molar refractivity (Wildman–Crippen MR) is 291 cm³/mol. The summed E-state index contributed by atoms with van der Waals surface area (Å²) in [6, 6.07) is 0. The highest BCUT2D eigenvalue weighted by atomic mass is 14.4. The Kier molecular flexibility index (Phi) is 60.0. The summed E-state index contributed by atoms with van der Waals surface area (Å²) in [5, 5.41) is 0. The van der Waals surface area contributed by atoms with Crippen LogP contribution < -0.4 is 0 Å². The summed E-state index contributed by atoms with van der Waals surface area (Å²) in [5.41, 5.74) is 1.88. The molecule has 3 saturated carbocycles. The van der Waals surface area contributed by atoms with Crippen molar-refractivity contribution in [3.63, 3.8) is 0 Å². The molecule has 0 aliphatic heterocycles. The molecule has 3 fully saturated rings. The molecule has 0 bridgehead atoms. The van der Waals surface area contributed by atoms with Crippen molar-refractivity contribution >= 4 is 0 Å². The molecule has 374 valence electrons. The van der Waals surface area contributed by atoms with Crippen molar-refractivity contribution in [1.82, 2.24) is 0 Å². The van der Waals surface area contributed by atoms with Crippen LogP contribution in [-0.4, -0.2) is 0 Å². The van der Waals surface area contributed by atoms with E-state index >= 15 is 0 Å². The van der Waals surface area contributed by atoms with E-state index in [2.05, 4.69) is 201 Å². The Bertz CT molecular complexity index is 656. The molecule has 0 saturated heterocycles. The first-order valence-corrected chi connectivity index (χ1v) is 27.4. The van der Waals surface area contributed by atoms with Crippen molar-refractivity contribution in [1.29, 1.82) is 0 Å². The molecule has 0 amide bonds. The van der Waals surface area contributed by atoms with Crippen LogP contribution in [0.4, 0.5) is 0 Å². The standard InChI is InChI=1S/3C6H12.7C6H14/c1-5(2)6-3-4-6;1-3-6(2)4-5-6;1-2-3-6-4-5-6;2*1-5-6(2,3)4;1-5(2)6(3)4;2*1-4-5-6(2)3;2*1-4-6(3)5-2/h5-6H,3-4H2,1-2H3;3-5H2,1-2H3;6H,2-5H2,1H3;2*5H2,1-4H3;5-6H,1-4H3;4*6H,4-5H2,1-3H3. The molecule has 0 aromatic rings. The highest BCUT2D eigenvalue weighted by molar-refractivity contribution is 4.86. The molecular weight excluding hydrogens is 721 g/mol. The van der Waals surface area contributed by atoms with E-state index < -0.39 is 0 Å². The fraction of sp³-hybridized carbons (Fsp3) is 1.00. The van der Waals surface area contributed by atoms with E-state index in [-0.39, 0.29) is 0 Å². The highest BCUT2D eigenvalue weighted by Crippen LogP contribution is 2.47. The van der Waals surface area contributed by atoms with Crippen molar-refractivity contribution in [2.75, 3.05) is 0 Å². The highest BCUT2D eigenvalue weighted by Gasteiger charge is 2.34. The average molecular weight is 856 g/mol. The quantitative estimate of drug-likeness (QED) is 0.173. The molecule has 0 nitrogen and oxygen atoms in total. The molecular formula is C60H134.